The van der Waals surface area contributed by atoms with Crippen molar-refractivity contribution in [1.29, 1.82) is 0 Å². The van der Waals surface area contributed by atoms with Crippen molar-refractivity contribution in [3.63, 3.8) is 0 Å². The molecule has 5 heteroatoms. The van der Waals surface area contributed by atoms with Crippen molar-refractivity contribution in [3.8, 4) is 0 Å². The van der Waals surface area contributed by atoms with E-state index in [0.29, 0.717) is 36.4 Å². The van der Waals surface area contributed by atoms with Crippen LogP contribution in [0, 0.1) is 52.3 Å². The van der Waals surface area contributed by atoms with Crippen LogP contribution in [0.3, 0.4) is 0 Å². The molecule has 0 aromatic heterocycles. The molecule has 4 aliphatic carbocycles. The van der Waals surface area contributed by atoms with Crippen molar-refractivity contribution < 1.29 is 24.5 Å². The number of aliphatic hydroxyl groups is 2. The van der Waals surface area contributed by atoms with E-state index in [9.17, 15) is 19.8 Å². The van der Waals surface area contributed by atoms with Gasteiger partial charge in [0.15, 0.2) is 5.78 Å². The second-order valence-corrected chi connectivity index (χ2v) is 12.9. The lowest BCUT2D eigenvalue weighted by atomic mass is 9.43. The maximum Gasteiger partial charge on any atom is 0.164 e. The molecule has 12 unspecified atom stereocenters. The first-order chi connectivity index (χ1) is 15.0. The normalized spacial score (nSPS) is 55.1. The predicted molar refractivity (Wildman–Crippen MR) is 121 cm³/mol. The number of fused-ring (bicyclic) bond motifs is 7. The maximum atomic E-state index is 13.4. The van der Waals surface area contributed by atoms with Gasteiger partial charge in [-0.25, -0.2) is 0 Å². The highest BCUT2D eigenvalue weighted by Gasteiger charge is 2.68. The summed E-state index contributed by atoms with van der Waals surface area (Å²) in [5.74, 6) is 1.67. The molecular formula is C27H42O5. The fourth-order valence-electron chi connectivity index (χ4n) is 9.65. The number of ketones is 2. The van der Waals surface area contributed by atoms with E-state index in [0.717, 1.165) is 32.1 Å². The second kappa shape index (κ2) is 7.61. The molecule has 5 rings (SSSR count). The van der Waals surface area contributed by atoms with Crippen LogP contribution >= 0.6 is 0 Å². The number of aliphatic hydroxyl groups excluding tert-OH is 2. The van der Waals surface area contributed by atoms with E-state index >= 15 is 0 Å². The van der Waals surface area contributed by atoms with Gasteiger partial charge in [0.2, 0.25) is 0 Å². The van der Waals surface area contributed by atoms with Crippen LogP contribution in [0.4, 0.5) is 0 Å². The zero-order valence-corrected chi connectivity index (χ0v) is 20.4. The van der Waals surface area contributed by atoms with Gasteiger partial charge < -0.3 is 14.9 Å². The Hall–Kier alpha value is -0.780. The van der Waals surface area contributed by atoms with E-state index in [2.05, 4.69) is 20.8 Å². The Bertz CT molecular complexity index is 793. The number of carbonyl (C=O) groups excluding carboxylic acids is 2. The fourth-order valence-corrected chi connectivity index (χ4v) is 9.65. The van der Waals surface area contributed by atoms with Gasteiger partial charge in [0, 0.05) is 18.3 Å². The summed E-state index contributed by atoms with van der Waals surface area (Å²) in [6, 6.07) is 0. The third kappa shape index (κ3) is 3.13. The van der Waals surface area contributed by atoms with E-state index in [1.165, 1.54) is 0 Å². The van der Waals surface area contributed by atoms with Gasteiger partial charge >= 0.3 is 0 Å². The number of carbonyl (C=O) groups is 2. The molecule has 1 saturated heterocycles. The summed E-state index contributed by atoms with van der Waals surface area (Å²) in [5, 5.41) is 21.8. The van der Waals surface area contributed by atoms with Gasteiger partial charge in [0.05, 0.1) is 18.3 Å². The van der Waals surface area contributed by atoms with E-state index in [4.69, 9.17) is 4.74 Å². The van der Waals surface area contributed by atoms with E-state index in [1.807, 2.05) is 13.8 Å². The molecule has 1 aliphatic heterocycles. The van der Waals surface area contributed by atoms with Crippen LogP contribution in [0.1, 0.15) is 79.6 Å². The molecule has 4 saturated carbocycles. The largest absolute Gasteiger partial charge is 0.393 e. The lowest BCUT2D eigenvalue weighted by molar-refractivity contribution is -0.188. The Balaban J connectivity index is 1.47. The predicted octanol–water partition coefficient (Wildman–Crippen LogP) is 3.78. The highest BCUT2D eigenvalue weighted by Crippen LogP contribution is 2.68. The maximum absolute atomic E-state index is 13.4. The summed E-state index contributed by atoms with van der Waals surface area (Å²) in [4.78, 5) is 26.1. The Labute approximate surface area is 192 Å². The monoisotopic (exact) mass is 446 g/mol. The zero-order chi connectivity index (χ0) is 23.2. The van der Waals surface area contributed by atoms with Gasteiger partial charge in [0.25, 0.3) is 0 Å². The van der Waals surface area contributed by atoms with Crippen molar-refractivity contribution in [2.24, 2.45) is 52.3 Å². The van der Waals surface area contributed by atoms with E-state index in [1.54, 1.807) is 0 Å². The topological polar surface area (TPSA) is 83.8 Å². The van der Waals surface area contributed by atoms with Crippen molar-refractivity contribution >= 4 is 11.6 Å². The Kier molecular flexibility index (Phi) is 5.47. The third-order valence-electron chi connectivity index (χ3n) is 10.9. The first-order valence-electron chi connectivity index (χ1n) is 13.1. The zero-order valence-electron chi connectivity index (χ0n) is 20.4. The van der Waals surface area contributed by atoms with Crippen LogP contribution in [0.5, 0.6) is 0 Å². The number of Topliss-reactive ketones (excluding diaryl/α,β-unsaturated/α-hetero) is 2. The average molecular weight is 447 g/mol. The van der Waals surface area contributed by atoms with Crippen molar-refractivity contribution in [1.82, 2.24) is 0 Å². The quantitative estimate of drug-likeness (QED) is 0.674. The third-order valence-corrected chi connectivity index (χ3v) is 10.9. The van der Waals surface area contributed by atoms with Gasteiger partial charge in [-0.15, -0.1) is 0 Å². The van der Waals surface area contributed by atoms with Crippen LogP contribution in [0.25, 0.3) is 0 Å². The standard InChI is InChI=1S/C27H42O5/c1-13(2)25(31)22-8-14(3)23-21(32-22)11-17-16-10-19(29)18-9-15(28)6-7-26(18,4)24(16)20(30)12-27(17,23)5/h13-18,20-24,28,30H,6-12H2,1-5H3. The molecule has 5 fully saturated rings. The molecule has 180 valence electrons. The van der Waals surface area contributed by atoms with Crippen LogP contribution in [0.15, 0.2) is 0 Å². The molecule has 1 heterocycles. The van der Waals surface area contributed by atoms with Gasteiger partial charge in [-0.05, 0) is 78.9 Å². The molecular weight excluding hydrogens is 404 g/mol. The molecule has 0 radical (unpaired) electrons. The number of ether oxygens (including phenoxy) is 1. The van der Waals surface area contributed by atoms with Crippen LogP contribution in [-0.2, 0) is 14.3 Å². The van der Waals surface area contributed by atoms with Crippen LogP contribution in [-0.4, -0.2) is 46.2 Å². The molecule has 0 aromatic carbocycles. The van der Waals surface area contributed by atoms with E-state index < -0.39 is 12.2 Å². The number of hydrogen-bond acceptors (Lipinski definition) is 5. The Morgan fingerprint density at radius 2 is 1.81 bits per heavy atom. The summed E-state index contributed by atoms with van der Waals surface area (Å²) in [5.41, 5.74) is -0.287. The summed E-state index contributed by atoms with van der Waals surface area (Å²) in [7, 11) is 0. The molecule has 5 aliphatic rings. The van der Waals surface area contributed by atoms with Crippen molar-refractivity contribution in [2.45, 2.75) is 104 Å². The fraction of sp³-hybridized carbons (Fsp3) is 0.926. The molecule has 12 atom stereocenters. The summed E-state index contributed by atoms with van der Waals surface area (Å²) < 4.78 is 6.50. The molecule has 0 amide bonds. The minimum absolute atomic E-state index is 0.0243. The van der Waals surface area contributed by atoms with Crippen molar-refractivity contribution in [2.75, 3.05) is 0 Å². The second-order valence-electron chi connectivity index (χ2n) is 12.9. The first kappa shape index (κ1) is 23.0. The SMILES string of the molecule is CC(C)C(=O)C1CC(C)C2C(CC3C4CC(=O)C5CC(O)CCC5(C)C4C(O)CC32C)O1. The van der Waals surface area contributed by atoms with Gasteiger partial charge in [0.1, 0.15) is 11.9 Å². The molecule has 0 aromatic rings. The van der Waals surface area contributed by atoms with Gasteiger partial charge in [-0.1, -0.05) is 34.6 Å². The van der Waals surface area contributed by atoms with Gasteiger partial charge in [-0.2, -0.15) is 0 Å². The van der Waals surface area contributed by atoms with E-state index in [-0.39, 0.29) is 52.5 Å². The molecule has 5 nitrogen and oxygen atoms in total. The Morgan fingerprint density at radius 3 is 2.50 bits per heavy atom. The summed E-state index contributed by atoms with van der Waals surface area (Å²) in [6.45, 7) is 10.7. The molecule has 0 spiro atoms. The number of rotatable bonds is 2. The molecule has 2 N–H and O–H groups in total. The van der Waals surface area contributed by atoms with Crippen molar-refractivity contribution in [3.05, 3.63) is 0 Å². The minimum Gasteiger partial charge on any atom is -0.393 e. The highest BCUT2D eigenvalue weighted by atomic mass is 16.5. The lowest BCUT2D eigenvalue weighted by Crippen LogP contribution is -2.61. The highest BCUT2D eigenvalue weighted by molar-refractivity contribution is 5.85. The minimum atomic E-state index is -0.418. The molecule has 32 heavy (non-hydrogen) atoms. The first-order valence-corrected chi connectivity index (χ1v) is 13.1. The van der Waals surface area contributed by atoms with Gasteiger partial charge in [-0.3, -0.25) is 9.59 Å². The molecule has 0 bridgehead atoms. The smallest absolute Gasteiger partial charge is 0.164 e. The summed E-state index contributed by atoms with van der Waals surface area (Å²) >= 11 is 0. The summed E-state index contributed by atoms with van der Waals surface area (Å²) in [6.07, 6.45) is 3.96. The lowest BCUT2D eigenvalue weighted by Gasteiger charge is -2.62. The number of hydrogen-bond donors (Lipinski definition) is 2. The van der Waals surface area contributed by atoms with Crippen LogP contribution in [0.2, 0.25) is 0 Å². The average Bonchev–Trinajstić information content (AvgIpc) is 3.01. The Morgan fingerprint density at radius 1 is 1.09 bits per heavy atom. The van der Waals surface area contributed by atoms with Crippen LogP contribution < -0.4 is 0 Å².